The van der Waals surface area contributed by atoms with Gasteiger partial charge in [0.15, 0.2) is 0 Å². The molecule has 1 aliphatic heterocycles. The van der Waals surface area contributed by atoms with Crippen molar-refractivity contribution in [1.29, 1.82) is 0 Å². The van der Waals surface area contributed by atoms with E-state index in [2.05, 4.69) is 5.32 Å². The van der Waals surface area contributed by atoms with Gasteiger partial charge in [-0.05, 0) is 44.0 Å². The standard InChI is InChI=1S/C18H28N2O3.ClH/c1-4-9-18(3,19)17(21)20-14-5-6-16(13(2)12-14)23-15-7-10-22-11-8-15;/h5-6,12,15H,4,7-11,19H2,1-3H3,(H,20,21);1H. The van der Waals surface area contributed by atoms with Crippen molar-refractivity contribution in [3.05, 3.63) is 23.8 Å². The SMILES string of the molecule is CCCC(C)(N)C(=O)Nc1ccc(OC2CCOCC2)c(C)c1.Cl. The zero-order valence-corrected chi connectivity index (χ0v) is 15.6. The zero-order chi connectivity index (χ0) is 16.9. The van der Waals surface area contributed by atoms with Gasteiger partial charge in [0, 0.05) is 18.5 Å². The first-order valence-electron chi connectivity index (χ1n) is 8.38. The molecular weight excluding hydrogens is 328 g/mol. The number of halogens is 1. The lowest BCUT2D eigenvalue weighted by atomic mass is 9.96. The fraction of sp³-hybridized carbons (Fsp3) is 0.611. The molecule has 1 amide bonds. The van der Waals surface area contributed by atoms with Gasteiger partial charge in [-0.1, -0.05) is 13.3 Å². The second-order valence-electron chi connectivity index (χ2n) is 6.53. The summed E-state index contributed by atoms with van der Waals surface area (Å²) in [4.78, 5) is 12.3. The van der Waals surface area contributed by atoms with Gasteiger partial charge in [0.1, 0.15) is 11.9 Å². The molecule has 24 heavy (non-hydrogen) atoms. The van der Waals surface area contributed by atoms with Crippen LogP contribution in [0.2, 0.25) is 0 Å². The van der Waals surface area contributed by atoms with E-state index in [1.165, 1.54) is 0 Å². The number of carbonyl (C=O) groups is 1. The quantitative estimate of drug-likeness (QED) is 0.818. The van der Waals surface area contributed by atoms with E-state index in [0.717, 1.165) is 49.5 Å². The summed E-state index contributed by atoms with van der Waals surface area (Å²) in [7, 11) is 0. The van der Waals surface area contributed by atoms with Gasteiger partial charge in [-0.25, -0.2) is 0 Å². The minimum atomic E-state index is -0.847. The predicted molar refractivity (Wildman–Crippen MR) is 99.0 cm³/mol. The van der Waals surface area contributed by atoms with Crippen LogP contribution in [-0.4, -0.2) is 30.8 Å². The van der Waals surface area contributed by atoms with Crippen LogP contribution in [0, 0.1) is 6.92 Å². The van der Waals surface area contributed by atoms with Crippen molar-refractivity contribution >= 4 is 24.0 Å². The van der Waals surface area contributed by atoms with Crippen molar-refractivity contribution < 1.29 is 14.3 Å². The summed E-state index contributed by atoms with van der Waals surface area (Å²) in [5.74, 6) is 0.704. The maximum atomic E-state index is 12.3. The van der Waals surface area contributed by atoms with Crippen molar-refractivity contribution in [2.24, 2.45) is 5.73 Å². The van der Waals surface area contributed by atoms with Gasteiger partial charge in [-0.15, -0.1) is 12.4 Å². The van der Waals surface area contributed by atoms with E-state index in [-0.39, 0.29) is 24.4 Å². The fourth-order valence-electron chi connectivity index (χ4n) is 2.74. The van der Waals surface area contributed by atoms with Gasteiger partial charge in [-0.2, -0.15) is 0 Å². The van der Waals surface area contributed by atoms with Crippen LogP contribution in [0.4, 0.5) is 5.69 Å². The van der Waals surface area contributed by atoms with Crippen LogP contribution in [0.25, 0.3) is 0 Å². The number of nitrogens with one attached hydrogen (secondary N) is 1. The van der Waals surface area contributed by atoms with E-state index in [9.17, 15) is 4.79 Å². The van der Waals surface area contributed by atoms with E-state index >= 15 is 0 Å². The summed E-state index contributed by atoms with van der Waals surface area (Å²) in [5, 5.41) is 2.90. The smallest absolute Gasteiger partial charge is 0.244 e. The summed E-state index contributed by atoms with van der Waals surface area (Å²) in [6, 6.07) is 5.70. The Morgan fingerprint density at radius 1 is 1.42 bits per heavy atom. The van der Waals surface area contributed by atoms with E-state index in [1.807, 2.05) is 32.0 Å². The third kappa shape index (κ3) is 5.65. The summed E-state index contributed by atoms with van der Waals surface area (Å²) >= 11 is 0. The summed E-state index contributed by atoms with van der Waals surface area (Å²) < 4.78 is 11.4. The van der Waals surface area contributed by atoms with Gasteiger partial charge < -0.3 is 20.5 Å². The molecule has 0 saturated carbocycles. The molecule has 136 valence electrons. The van der Waals surface area contributed by atoms with Gasteiger partial charge in [-0.3, -0.25) is 4.79 Å². The molecule has 1 fully saturated rings. The van der Waals surface area contributed by atoms with Crippen LogP contribution in [0.5, 0.6) is 5.75 Å². The number of nitrogens with two attached hydrogens (primary N) is 1. The van der Waals surface area contributed by atoms with Crippen LogP contribution in [0.1, 0.15) is 45.1 Å². The predicted octanol–water partition coefficient (Wildman–Crippen LogP) is 3.43. The third-order valence-electron chi connectivity index (χ3n) is 4.18. The first-order chi connectivity index (χ1) is 10.9. The lowest BCUT2D eigenvalue weighted by Gasteiger charge is -2.25. The fourth-order valence-corrected chi connectivity index (χ4v) is 2.74. The van der Waals surface area contributed by atoms with Crippen LogP contribution in [0.15, 0.2) is 18.2 Å². The zero-order valence-electron chi connectivity index (χ0n) is 14.8. The number of carbonyl (C=O) groups excluding carboxylic acids is 1. The minimum Gasteiger partial charge on any atom is -0.490 e. The monoisotopic (exact) mass is 356 g/mol. The molecule has 0 aliphatic carbocycles. The average molecular weight is 357 g/mol. The highest BCUT2D eigenvalue weighted by Gasteiger charge is 2.27. The molecule has 1 saturated heterocycles. The van der Waals surface area contributed by atoms with Crippen LogP contribution < -0.4 is 15.8 Å². The summed E-state index contributed by atoms with van der Waals surface area (Å²) in [6.45, 7) is 7.28. The number of hydrogen-bond donors (Lipinski definition) is 2. The van der Waals surface area contributed by atoms with Crippen LogP contribution in [0.3, 0.4) is 0 Å². The van der Waals surface area contributed by atoms with E-state index in [0.29, 0.717) is 6.42 Å². The first kappa shape index (κ1) is 20.7. The Morgan fingerprint density at radius 2 is 2.08 bits per heavy atom. The molecule has 6 heteroatoms. The van der Waals surface area contributed by atoms with Gasteiger partial charge in [0.2, 0.25) is 5.91 Å². The number of benzene rings is 1. The van der Waals surface area contributed by atoms with Crippen LogP contribution in [-0.2, 0) is 9.53 Å². The highest BCUT2D eigenvalue weighted by atomic mass is 35.5. The van der Waals surface area contributed by atoms with Crippen molar-refractivity contribution in [1.82, 2.24) is 0 Å². The number of rotatable bonds is 6. The number of ether oxygens (including phenoxy) is 2. The topological polar surface area (TPSA) is 73.6 Å². The molecule has 0 aromatic heterocycles. The maximum Gasteiger partial charge on any atom is 0.244 e. The Bertz CT molecular complexity index is 543. The molecule has 1 atom stereocenters. The molecule has 0 bridgehead atoms. The van der Waals surface area contributed by atoms with E-state index in [1.54, 1.807) is 6.92 Å². The largest absolute Gasteiger partial charge is 0.490 e. The second kappa shape index (κ2) is 9.25. The Labute approximate surface area is 150 Å². The Hall–Kier alpha value is -1.30. The third-order valence-corrected chi connectivity index (χ3v) is 4.18. The molecule has 1 aromatic rings. The van der Waals surface area contributed by atoms with Gasteiger partial charge >= 0.3 is 0 Å². The maximum absolute atomic E-state index is 12.3. The molecule has 2 rings (SSSR count). The highest BCUT2D eigenvalue weighted by Crippen LogP contribution is 2.25. The molecule has 0 spiro atoms. The molecule has 0 radical (unpaired) electrons. The number of amides is 1. The molecule has 5 nitrogen and oxygen atoms in total. The normalized spacial score (nSPS) is 17.5. The molecule has 3 N–H and O–H groups in total. The molecular formula is C18H29ClN2O3. The van der Waals surface area contributed by atoms with Crippen LogP contribution >= 0.6 is 12.4 Å². The minimum absolute atomic E-state index is 0. The Morgan fingerprint density at radius 3 is 2.67 bits per heavy atom. The van der Waals surface area contributed by atoms with Crippen molar-refractivity contribution in [2.75, 3.05) is 18.5 Å². The number of aryl methyl sites for hydroxylation is 1. The van der Waals surface area contributed by atoms with E-state index in [4.69, 9.17) is 15.2 Å². The average Bonchev–Trinajstić information content (AvgIpc) is 2.51. The Kier molecular flexibility index (Phi) is 8.00. The summed E-state index contributed by atoms with van der Waals surface area (Å²) in [6.07, 6.45) is 3.57. The number of hydrogen-bond acceptors (Lipinski definition) is 4. The van der Waals surface area contributed by atoms with Gasteiger partial charge in [0.05, 0.1) is 18.8 Å². The van der Waals surface area contributed by atoms with Gasteiger partial charge in [0.25, 0.3) is 0 Å². The van der Waals surface area contributed by atoms with Crippen molar-refractivity contribution in [3.8, 4) is 5.75 Å². The summed E-state index contributed by atoms with van der Waals surface area (Å²) in [5.41, 5.74) is 6.97. The Balaban J connectivity index is 0.00000288. The second-order valence-corrected chi connectivity index (χ2v) is 6.53. The molecule has 1 aromatic carbocycles. The van der Waals surface area contributed by atoms with E-state index < -0.39 is 5.54 Å². The molecule has 1 aliphatic rings. The lowest BCUT2D eigenvalue weighted by Crippen LogP contribution is -2.48. The number of anilines is 1. The van der Waals surface area contributed by atoms with Crippen molar-refractivity contribution in [3.63, 3.8) is 0 Å². The van der Waals surface area contributed by atoms with Crippen molar-refractivity contribution in [2.45, 2.75) is 58.1 Å². The first-order valence-corrected chi connectivity index (χ1v) is 8.38. The highest BCUT2D eigenvalue weighted by molar-refractivity contribution is 5.97. The molecule has 1 heterocycles. The molecule has 1 unspecified atom stereocenters. The lowest BCUT2D eigenvalue weighted by molar-refractivity contribution is -0.120.